The van der Waals surface area contributed by atoms with E-state index >= 15 is 0 Å². The zero-order chi connectivity index (χ0) is 15.5. The van der Waals surface area contributed by atoms with Gasteiger partial charge in [0.1, 0.15) is 0 Å². The summed E-state index contributed by atoms with van der Waals surface area (Å²) in [5, 5.41) is 12.7. The van der Waals surface area contributed by atoms with Gasteiger partial charge in [-0.25, -0.2) is 4.98 Å². The number of likely N-dealkylation sites (tertiary alicyclic amines) is 1. The smallest absolute Gasteiger partial charge is 0.287 e. The van der Waals surface area contributed by atoms with Crippen molar-refractivity contribution in [2.24, 2.45) is 13.0 Å². The molecule has 122 valence electrons. The predicted molar refractivity (Wildman–Crippen MR) is 80.5 cm³/mol. The second kappa shape index (κ2) is 6.76. The number of aromatic nitrogens is 2. The Morgan fingerprint density at radius 2 is 2.23 bits per heavy atom. The normalized spacial score (nSPS) is 27.2. The molecule has 2 atom stereocenters. The van der Waals surface area contributed by atoms with Gasteiger partial charge in [0, 0.05) is 70.4 Å². The highest BCUT2D eigenvalue weighted by molar-refractivity contribution is 5.91. The Kier molecular flexibility index (Phi) is 4.75. The number of carbonyl (C=O) groups excluding carboxylic acids is 1. The van der Waals surface area contributed by atoms with Crippen LogP contribution < -0.4 is 5.32 Å². The van der Waals surface area contributed by atoms with Crippen LogP contribution in [0.4, 0.5) is 0 Å². The first kappa shape index (κ1) is 15.5. The maximum absolute atomic E-state index is 12.3. The van der Waals surface area contributed by atoms with Crippen LogP contribution in [0.5, 0.6) is 0 Å². The topological polar surface area (TPSA) is 79.6 Å². The fourth-order valence-electron chi connectivity index (χ4n) is 3.42. The molecule has 0 saturated carbocycles. The van der Waals surface area contributed by atoms with Gasteiger partial charge in [0.15, 0.2) is 5.82 Å². The average molecular weight is 308 g/mol. The number of nitrogens with zero attached hydrogens (tertiary/aromatic N) is 3. The van der Waals surface area contributed by atoms with Crippen molar-refractivity contribution in [3.05, 3.63) is 18.2 Å². The number of ether oxygens (including phenoxy) is 1. The van der Waals surface area contributed by atoms with Gasteiger partial charge < -0.3 is 19.7 Å². The van der Waals surface area contributed by atoms with Crippen LogP contribution in [0.2, 0.25) is 0 Å². The largest absolute Gasteiger partial charge is 0.396 e. The minimum absolute atomic E-state index is 0.0305. The minimum atomic E-state index is -0.176. The third-order valence-corrected chi connectivity index (χ3v) is 4.75. The Bertz CT molecular complexity index is 513. The predicted octanol–water partition coefficient (Wildman–Crippen LogP) is -0.378. The first-order chi connectivity index (χ1) is 10.7. The Morgan fingerprint density at radius 3 is 2.86 bits per heavy atom. The highest BCUT2D eigenvalue weighted by Crippen LogP contribution is 2.24. The summed E-state index contributed by atoms with van der Waals surface area (Å²) in [6.07, 6.45) is 5.42. The van der Waals surface area contributed by atoms with Crippen LogP contribution in [0, 0.1) is 5.92 Å². The summed E-state index contributed by atoms with van der Waals surface area (Å²) < 4.78 is 7.11. The molecule has 2 aliphatic rings. The summed E-state index contributed by atoms with van der Waals surface area (Å²) in [6.45, 7) is 3.30. The molecule has 2 aliphatic heterocycles. The number of aliphatic hydroxyl groups is 1. The maximum atomic E-state index is 12.3. The Balaban J connectivity index is 1.62. The van der Waals surface area contributed by atoms with E-state index in [9.17, 15) is 9.90 Å². The summed E-state index contributed by atoms with van der Waals surface area (Å²) in [5.41, 5.74) is 0. The van der Waals surface area contributed by atoms with Crippen molar-refractivity contribution in [1.82, 2.24) is 19.8 Å². The standard InChI is InChI=1S/C15H24N4O3/c1-18-5-4-16-14(18)15(21)17-13-9-19(8-11(13)10-20)12-2-6-22-7-3-12/h4-5,11-13,20H,2-3,6-10H2,1H3,(H,17,21)/t11-,13+/m0/s1. The summed E-state index contributed by atoms with van der Waals surface area (Å²) in [4.78, 5) is 18.8. The van der Waals surface area contributed by atoms with Gasteiger partial charge in [-0.1, -0.05) is 0 Å². The second-order valence-corrected chi connectivity index (χ2v) is 6.18. The van der Waals surface area contributed by atoms with Gasteiger partial charge >= 0.3 is 0 Å². The van der Waals surface area contributed by atoms with E-state index in [0.29, 0.717) is 11.9 Å². The van der Waals surface area contributed by atoms with Crippen LogP contribution in [0.1, 0.15) is 23.5 Å². The van der Waals surface area contributed by atoms with Crippen LogP contribution in [0.25, 0.3) is 0 Å². The monoisotopic (exact) mass is 308 g/mol. The van der Waals surface area contributed by atoms with Crippen molar-refractivity contribution in [2.45, 2.75) is 24.9 Å². The number of hydrogen-bond donors (Lipinski definition) is 2. The number of aliphatic hydroxyl groups excluding tert-OH is 1. The van der Waals surface area contributed by atoms with Gasteiger partial charge in [-0.3, -0.25) is 9.69 Å². The van der Waals surface area contributed by atoms with E-state index in [4.69, 9.17) is 4.74 Å². The van der Waals surface area contributed by atoms with E-state index in [0.717, 1.165) is 39.1 Å². The van der Waals surface area contributed by atoms with E-state index in [-0.39, 0.29) is 24.5 Å². The Labute approximate surface area is 130 Å². The molecule has 3 heterocycles. The number of amides is 1. The highest BCUT2D eigenvalue weighted by atomic mass is 16.5. The first-order valence-corrected chi connectivity index (χ1v) is 7.90. The lowest BCUT2D eigenvalue weighted by atomic mass is 10.1. The molecule has 1 aromatic rings. The molecule has 22 heavy (non-hydrogen) atoms. The van der Waals surface area contributed by atoms with Crippen LogP contribution in [-0.2, 0) is 11.8 Å². The molecule has 0 aliphatic carbocycles. The van der Waals surface area contributed by atoms with E-state index in [2.05, 4.69) is 15.2 Å². The van der Waals surface area contributed by atoms with Crippen molar-refractivity contribution >= 4 is 5.91 Å². The highest BCUT2D eigenvalue weighted by Gasteiger charge is 2.37. The molecular formula is C15H24N4O3. The lowest BCUT2D eigenvalue weighted by Gasteiger charge is -2.31. The van der Waals surface area contributed by atoms with Gasteiger partial charge in [0.2, 0.25) is 0 Å². The Morgan fingerprint density at radius 1 is 1.45 bits per heavy atom. The quantitative estimate of drug-likeness (QED) is 0.793. The van der Waals surface area contributed by atoms with E-state index in [1.165, 1.54) is 0 Å². The summed E-state index contributed by atoms with van der Waals surface area (Å²) in [6, 6.07) is 0.468. The van der Waals surface area contributed by atoms with Gasteiger partial charge in [-0.2, -0.15) is 0 Å². The molecule has 1 aromatic heterocycles. The average Bonchev–Trinajstić information content (AvgIpc) is 3.14. The minimum Gasteiger partial charge on any atom is -0.396 e. The fraction of sp³-hybridized carbons (Fsp3) is 0.733. The zero-order valence-corrected chi connectivity index (χ0v) is 12.9. The maximum Gasteiger partial charge on any atom is 0.287 e. The lowest BCUT2D eigenvalue weighted by molar-refractivity contribution is 0.0398. The molecular weight excluding hydrogens is 284 g/mol. The summed E-state index contributed by atoms with van der Waals surface area (Å²) in [7, 11) is 1.80. The van der Waals surface area contributed by atoms with Crippen LogP contribution in [0.3, 0.4) is 0 Å². The Hall–Kier alpha value is -1.44. The van der Waals surface area contributed by atoms with E-state index < -0.39 is 0 Å². The fourth-order valence-corrected chi connectivity index (χ4v) is 3.42. The molecule has 0 aromatic carbocycles. The van der Waals surface area contributed by atoms with Crippen LogP contribution in [-0.4, -0.2) is 70.5 Å². The molecule has 2 saturated heterocycles. The summed E-state index contributed by atoms with van der Waals surface area (Å²) >= 11 is 0. The number of aryl methyl sites for hydroxylation is 1. The molecule has 0 spiro atoms. The molecule has 1 amide bonds. The molecule has 3 rings (SSSR count). The van der Waals surface area contributed by atoms with Crippen molar-refractivity contribution in [3.63, 3.8) is 0 Å². The van der Waals surface area contributed by atoms with Gasteiger partial charge in [0.25, 0.3) is 5.91 Å². The van der Waals surface area contributed by atoms with E-state index in [1.54, 1.807) is 24.0 Å². The van der Waals surface area contributed by atoms with Gasteiger partial charge in [-0.15, -0.1) is 0 Å². The van der Waals surface area contributed by atoms with Crippen molar-refractivity contribution in [1.29, 1.82) is 0 Å². The summed E-state index contributed by atoms with van der Waals surface area (Å²) in [5.74, 6) is 0.304. The van der Waals surface area contributed by atoms with Crippen molar-refractivity contribution in [2.75, 3.05) is 32.9 Å². The SMILES string of the molecule is Cn1ccnc1C(=O)N[C@@H]1CN(C2CCOCC2)C[C@H]1CO. The third-order valence-electron chi connectivity index (χ3n) is 4.75. The number of nitrogens with one attached hydrogen (secondary N) is 1. The van der Waals surface area contributed by atoms with Gasteiger partial charge in [-0.05, 0) is 12.8 Å². The number of hydrogen-bond acceptors (Lipinski definition) is 5. The molecule has 7 heteroatoms. The molecule has 0 radical (unpaired) electrons. The molecule has 2 fully saturated rings. The van der Waals surface area contributed by atoms with Gasteiger partial charge in [0.05, 0.1) is 0 Å². The molecule has 7 nitrogen and oxygen atoms in total. The zero-order valence-electron chi connectivity index (χ0n) is 12.9. The molecule has 0 unspecified atom stereocenters. The third kappa shape index (κ3) is 3.16. The van der Waals surface area contributed by atoms with Crippen molar-refractivity contribution in [3.8, 4) is 0 Å². The van der Waals surface area contributed by atoms with Crippen LogP contribution >= 0.6 is 0 Å². The first-order valence-electron chi connectivity index (χ1n) is 7.90. The number of carbonyl (C=O) groups is 1. The molecule has 2 N–H and O–H groups in total. The van der Waals surface area contributed by atoms with Crippen LogP contribution in [0.15, 0.2) is 12.4 Å². The second-order valence-electron chi connectivity index (χ2n) is 6.18. The number of imidazole rings is 1. The van der Waals surface area contributed by atoms with E-state index in [1.807, 2.05) is 0 Å². The van der Waals surface area contributed by atoms with Crippen molar-refractivity contribution < 1.29 is 14.6 Å². The number of rotatable bonds is 4. The lowest BCUT2D eigenvalue weighted by Crippen LogP contribution is -2.43. The molecule has 0 bridgehead atoms.